The zero-order chi connectivity index (χ0) is 15.0. The Morgan fingerprint density at radius 3 is 2.48 bits per heavy atom. The number of para-hydroxylation sites is 1. The van der Waals surface area contributed by atoms with Crippen molar-refractivity contribution in [2.45, 2.75) is 39.0 Å². The molecule has 1 aliphatic heterocycles. The van der Waals surface area contributed by atoms with Gasteiger partial charge in [-0.1, -0.05) is 30.3 Å². The highest BCUT2D eigenvalue weighted by atomic mass is 16.5. The Hall–Kier alpha value is -1.72. The number of ether oxygens (including phenoxy) is 1. The predicted molar refractivity (Wildman–Crippen MR) is 81.0 cm³/mol. The van der Waals surface area contributed by atoms with E-state index in [1.165, 1.54) is 0 Å². The number of nitrogens with two attached hydrogens (primary N) is 1. The highest BCUT2D eigenvalue weighted by Crippen LogP contribution is 2.39. The van der Waals surface area contributed by atoms with Crippen molar-refractivity contribution in [2.24, 2.45) is 17.6 Å². The van der Waals surface area contributed by atoms with Crippen LogP contribution in [-0.2, 0) is 4.74 Å². The molecule has 0 saturated carbocycles. The molecule has 0 bridgehead atoms. The first kappa shape index (κ1) is 14.2. The Morgan fingerprint density at radius 2 is 1.86 bits per heavy atom. The summed E-state index contributed by atoms with van der Waals surface area (Å²) >= 11 is 0. The molecule has 0 amide bonds. The van der Waals surface area contributed by atoms with Crippen molar-refractivity contribution in [3.63, 3.8) is 0 Å². The van der Waals surface area contributed by atoms with E-state index in [4.69, 9.17) is 10.5 Å². The average molecular weight is 286 g/mol. The molecule has 5 heteroatoms. The third-order valence-corrected chi connectivity index (χ3v) is 4.65. The van der Waals surface area contributed by atoms with Gasteiger partial charge in [0.15, 0.2) is 0 Å². The molecular weight excluding hydrogens is 264 g/mol. The number of rotatable bonds is 3. The molecule has 5 unspecified atom stereocenters. The Kier molecular flexibility index (Phi) is 3.78. The fraction of sp³-hybridized carbons (Fsp3) is 0.500. The molecule has 0 radical (unpaired) electrons. The van der Waals surface area contributed by atoms with Crippen LogP contribution in [-0.4, -0.2) is 27.2 Å². The lowest BCUT2D eigenvalue weighted by molar-refractivity contribution is 0.0487. The molecule has 5 nitrogen and oxygen atoms in total. The number of benzene rings is 1. The summed E-state index contributed by atoms with van der Waals surface area (Å²) in [5.41, 5.74) is 8.46. The smallest absolute Gasteiger partial charge is 0.0816 e. The van der Waals surface area contributed by atoms with Crippen LogP contribution in [0.15, 0.2) is 36.5 Å². The van der Waals surface area contributed by atoms with Crippen molar-refractivity contribution in [3.05, 3.63) is 42.2 Å². The molecule has 112 valence electrons. The third-order valence-electron chi connectivity index (χ3n) is 4.65. The number of nitrogens with zero attached hydrogens (tertiary/aromatic N) is 3. The van der Waals surface area contributed by atoms with Gasteiger partial charge in [-0.3, -0.25) is 0 Å². The van der Waals surface area contributed by atoms with E-state index in [1.54, 1.807) is 6.20 Å². The largest absolute Gasteiger partial charge is 0.375 e. The lowest BCUT2D eigenvalue weighted by atomic mass is 9.82. The van der Waals surface area contributed by atoms with E-state index >= 15 is 0 Å². The van der Waals surface area contributed by atoms with Crippen LogP contribution >= 0.6 is 0 Å². The van der Waals surface area contributed by atoms with Crippen molar-refractivity contribution in [1.29, 1.82) is 0 Å². The molecule has 3 rings (SSSR count). The summed E-state index contributed by atoms with van der Waals surface area (Å²) in [6.45, 7) is 6.41. The normalized spacial score (nSPS) is 30.5. The van der Waals surface area contributed by atoms with Gasteiger partial charge in [0, 0.05) is 5.92 Å². The maximum absolute atomic E-state index is 6.55. The fourth-order valence-electron chi connectivity index (χ4n) is 3.35. The summed E-state index contributed by atoms with van der Waals surface area (Å²) in [5, 5.41) is 8.25. The van der Waals surface area contributed by atoms with Gasteiger partial charge in [-0.05, 0) is 31.9 Å². The summed E-state index contributed by atoms with van der Waals surface area (Å²) in [5.74, 6) is 0.676. The van der Waals surface area contributed by atoms with E-state index in [0.717, 1.165) is 11.4 Å². The van der Waals surface area contributed by atoms with Crippen LogP contribution in [0.5, 0.6) is 0 Å². The monoisotopic (exact) mass is 286 g/mol. The zero-order valence-corrected chi connectivity index (χ0v) is 12.7. The van der Waals surface area contributed by atoms with Gasteiger partial charge >= 0.3 is 0 Å². The van der Waals surface area contributed by atoms with Gasteiger partial charge in [0.1, 0.15) is 0 Å². The topological polar surface area (TPSA) is 66.0 Å². The number of hydrogen-bond acceptors (Lipinski definition) is 4. The average Bonchev–Trinajstić information content (AvgIpc) is 3.05. The molecule has 0 spiro atoms. The van der Waals surface area contributed by atoms with Gasteiger partial charge in [-0.2, -0.15) is 0 Å². The van der Waals surface area contributed by atoms with Crippen LogP contribution in [0, 0.1) is 11.8 Å². The minimum Gasteiger partial charge on any atom is -0.375 e. The molecule has 1 saturated heterocycles. The molecule has 2 heterocycles. The highest BCUT2D eigenvalue weighted by Gasteiger charge is 2.42. The minimum absolute atomic E-state index is 0.143. The van der Waals surface area contributed by atoms with Gasteiger partial charge in [0.2, 0.25) is 0 Å². The summed E-state index contributed by atoms with van der Waals surface area (Å²) in [4.78, 5) is 0. The quantitative estimate of drug-likeness (QED) is 0.940. The van der Waals surface area contributed by atoms with Gasteiger partial charge in [0.25, 0.3) is 0 Å². The fourth-order valence-corrected chi connectivity index (χ4v) is 3.35. The number of hydrogen-bond donors (Lipinski definition) is 1. The minimum atomic E-state index is -0.143. The molecule has 0 aliphatic carbocycles. The van der Waals surface area contributed by atoms with Crippen molar-refractivity contribution < 1.29 is 4.74 Å². The van der Waals surface area contributed by atoms with Crippen molar-refractivity contribution in [2.75, 3.05) is 0 Å². The Balaban J connectivity index is 1.93. The first-order valence-corrected chi connectivity index (χ1v) is 7.46. The molecule has 21 heavy (non-hydrogen) atoms. The van der Waals surface area contributed by atoms with Crippen LogP contribution in [0.2, 0.25) is 0 Å². The van der Waals surface area contributed by atoms with E-state index in [0.29, 0.717) is 5.92 Å². The van der Waals surface area contributed by atoms with E-state index in [-0.39, 0.29) is 24.2 Å². The maximum atomic E-state index is 6.55. The van der Waals surface area contributed by atoms with Crippen molar-refractivity contribution in [3.8, 4) is 5.69 Å². The van der Waals surface area contributed by atoms with Crippen molar-refractivity contribution >= 4 is 0 Å². The summed E-state index contributed by atoms with van der Waals surface area (Å²) in [6.07, 6.45) is 2.14. The van der Waals surface area contributed by atoms with E-state index < -0.39 is 0 Å². The highest BCUT2D eigenvalue weighted by molar-refractivity contribution is 5.32. The van der Waals surface area contributed by atoms with Crippen LogP contribution in [0.1, 0.15) is 32.5 Å². The lowest BCUT2D eigenvalue weighted by Crippen LogP contribution is -2.32. The SMILES string of the molecule is CC1OC(C)C(C(N)c2cnnn2-c2ccccc2)C1C. The second-order valence-electron chi connectivity index (χ2n) is 5.91. The summed E-state index contributed by atoms with van der Waals surface area (Å²) < 4.78 is 7.75. The predicted octanol–water partition coefficient (Wildman–Crippen LogP) is 2.33. The Bertz CT molecular complexity index is 597. The molecule has 1 aliphatic rings. The Morgan fingerprint density at radius 1 is 1.14 bits per heavy atom. The molecule has 1 aromatic heterocycles. The van der Waals surface area contributed by atoms with Gasteiger partial charge in [0.05, 0.1) is 35.8 Å². The van der Waals surface area contributed by atoms with E-state index in [2.05, 4.69) is 31.1 Å². The molecule has 2 aromatic rings. The molecule has 1 aromatic carbocycles. The molecule has 1 fully saturated rings. The van der Waals surface area contributed by atoms with Gasteiger partial charge in [-0.25, -0.2) is 4.68 Å². The van der Waals surface area contributed by atoms with Crippen molar-refractivity contribution in [1.82, 2.24) is 15.0 Å². The molecular formula is C16H22N4O. The standard InChI is InChI=1S/C16H22N4O/c1-10-11(2)21-12(3)15(10)16(17)14-9-18-19-20(14)13-7-5-4-6-8-13/h4-12,15-16H,17H2,1-3H3. The first-order valence-electron chi connectivity index (χ1n) is 7.46. The van der Waals surface area contributed by atoms with E-state index in [1.807, 2.05) is 35.0 Å². The Labute approximate surface area is 125 Å². The van der Waals surface area contributed by atoms with Gasteiger partial charge in [-0.15, -0.1) is 5.10 Å². The first-order chi connectivity index (χ1) is 10.1. The van der Waals surface area contributed by atoms with E-state index in [9.17, 15) is 0 Å². The summed E-state index contributed by atoms with van der Waals surface area (Å²) in [7, 11) is 0. The lowest BCUT2D eigenvalue weighted by Gasteiger charge is -2.25. The van der Waals surface area contributed by atoms with Crippen LogP contribution in [0.4, 0.5) is 0 Å². The second-order valence-corrected chi connectivity index (χ2v) is 5.91. The van der Waals surface area contributed by atoms with Crippen LogP contribution < -0.4 is 5.73 Å². The molecule has 5 atom stereocenters. The van der Waals surface area contributed by atoms with Crippen LogP contribution in [0.25, 0.3) is 5.69 Å². The zero-order valence-electron chi connectivity index (χ0n) is 12.7. The molecule has 2 N–H and O–H groups in total. The second kappa shape index (κ2) is 5.58. The van der Waals surface area contributed by atoms with Gasteiger partial charge < -0.3 is 10.5 Å². The van der Waals surface area contributed by atoms with Crippen LogP contribution in [0.3, 0.4) is 0 Å². The third kappa shape index (κ3) is 2.47. The summed E-state index contributed by atoms with van der Waals surface area (Å²) in [6, 6.07) is 9.82. The number of aromatic nitrogens is 3. The maximum Gasteiger partial charge on any atom is 0.0816 e.